The molecular weight excluding hydrogens is 184 g/mol. The zero-order chi connectivity index (χ0) is 11.6. The highest BCUT2D eigenvalue weighted by molar-refractivity contribution is 5.66. The third-order valence-electron chi connectivity index (χ3n) is 1.24. The minimum Gasteiger partial charge on any atom is -0.460 e. The lowest BCUT2D eigenvalue weighted by atomic mass is 10.4. The Morgan fingerprint density at radius 3 is 1.86 bits per heavy atom. The van der Waals surface area contributed by atoms with Crippen molar-refractivity contribution in [1.29, 1.82) is 0 Å². The molecule has 0 bridgehead atoms. The average Bonchev–Trinajstić information content (AvgIpc) is 2.04. The standard InChI is InChI=1S/C6H12O3.C4H10O/c1-5(4-8-3)9-6(2)7;1-4(2)5-3/h5H,4H2,1-3H3;4H,1-3H3. The van der Waals surface area contributed by atoms with Crippen molar-refractivity contribution in [3.05, 3.63) is 0 Å². The SMILES string of the molecule is COC(C)C.COCC(C)OC(C)=O. The molecule has 0 fully saturated rings. The van der Waals surface area contributed by atoms with Gasteiger partial charge in [-0.25, -0.2) is 0 Å². The van der Waals surface area contributed by atoms with Crippen LogP contribution in [0.4, 0.5) is 0 Å². The lowest BCUT2D eigenvalue weighted by Gasteiger charge is -2.08. The molecule has 0 aliphatic carbocycles. The van der Waals surface area contributed by atoms with Gasteiger partial charge in [-0.3, -0.25) is 4.79 Å². The number of hydrogen-bond donors (Lipinski definition) is 0. The number of carbonyl (C=O) groups excluding carboxylic acids is 1. The summed E-state index contributed by atoms with van der Waals surface area (Å²) in [5.41, 5.74) is 0. The topological polar surface area (TPSA) is 44.8 Å². The van der Waals surface area contributed by atoms with Gasteiger partial charge in [-0.1, -0.05) is 0 Å². The second-order valence-corrected chi connectivity index (χ2v) is 3.16. The Balaban J connectivity index is 0. The van der Waals surface area contributed by atoms with Gasteiger partial charge in [-0.05, 0) is 20.8 Å². The Labute approximate surface area is 86.5 Å². The molecule has 0 rings (SSSR count). The molecule has 0 spiro atoms. The van der Waals surface area contributed by atoms with Crippen LogP contribution in [0, 0.1) is 0 Å². The number of esters is 1. The second-order valence-electron chi connectivity index (χ2n) is 3.16. The molecule has 0 N–H and O–H groups in total. The number of methoxy groups -OCH3 is 2. The van der Waals surface area contributed by atoms with E-state index in [4.69, 9.17) is 14.2 Å². The van der Waals surface area contributed by atoms with E-state index < -0.39 is 0 Å². The highest BCUT2D eigenvalue weighted by atomic mass is 16.6. The van der Waals surface area contributed by atoms with Crippen molar-refractivity contribution in [3.63, 3.8) is 0 Å². The van der Waals surface area contributed by atoms with Crippen molar-refractivity contribution < 1.29 is 19.0 Å². The quantitative estimate of drug-likeness (QED) is 0.656. The molecule has 1 atom stereocenters. The van der Waals surface area contributed by atoms with E-state index >= 15 is 0 Å². The summed E-state index contributed by atoms with van der Waals surface area (Å²) in [4.78, 5) is 10.3. The van der Waals surface area contributed by atoms with Gasteiger partial charge in [0.1, 0.15) is 6.10 Å². The highest BCUT2D eigenvalue weighted by Crippen LogP contribution is 1.90. The normalized spacial score (nSPS) is 11.6. The van der Waals surface area contributed by atoms with Gasteiger partial charge < -0.3 is 14.2 Å². The first kappa shape index (κ1) is 15.8. The summed E-state index contributed by atoms with van der Waals surface area (Å²) in [6.45, 7) is 7.62. The summed E-state index contributed by atoms with van der Waals surface area (Å²) in [6, 6.07) is 0. The molecule has 1 unspecified atom stereocenters. The molecule has 86 valence electrons. The predicted molar refractivity (Wildman–Crippen MR) is 55.2 cm³/mol. The molecular formula is C10H22O4. The Hall–Kier alpha value is -0.610. The minimum absolute atomic E-state index is 0.132. The third kappa shape index (κ3) is 17.5. The van der Waals surface area contributed by atoms with Crippen LogP contribution in [-0.4, -0.2) is 39.0 Å². The van der Waals surface area contributed by atoms with E-state index in [-0.39, 0.29) is 12.1 Å². The first-order chi connectivity index (χ1) is 6.43. The van der Waals surface area contributed by atoms with Crippen LogP contribution in [0.15, 0.2) is 0 Å². The fraction of sp³-hybridized carbons (Fsp3) is 0.900. The second kappa shape index (κ2) is 10.5. The van der Waals surface area contributed by atoms with Gasteiger partial charge in [0.05, 0.1) is 12.7 Å². The summed E-state index contributed by atoms with van der Waals surface area (Å²) >= 11 is 0. The molecule has 0 amide bonds. The molecule has 0 aliphatic heterocycles. The van der Waals surface area contributed by atoms with E-state index in [9.17, 15) is 4.79 Å². The summed E-state index contributed by atoms with van der Waals surface area (Å²) in [7, 11) is 3.27. The number of hydrogen-bond acceptors (Lipinski definition) is 4. The van der Waals surface area contributed by atoms with Crippen LogP contribution in [0.5, 0.6) is 0 Å². The zero-order valence-corrected chi connectivity index (χ0v) is 9.99. The summed E-state index contributed by atoms with van der Waals surface area (Å²) in [6.07, 6.45) is 0.252. The Bertz CT molecular complexity index is 134. The Kier molecular flexibility index (Phi) is 11.9. The van der Waals surface area contributed by atoms with Crippen LogP contribution < -0.4 is 0 Å². The number of ether oxygens (including phenoxy) is 3. The molecule has 0 radical (unpaired) electrons. The van der Waals surface area contributed by atoms with Crippen LogP contribution >= 0.6 is 0 Å². The molecule has 0 aromatic carbocycles. The summed E-state index contributed by atoms with van der Waals surface area (Å²) in [5, 5.41) is 0. The van der Waals surface area contributed by atoms with Crippen molar-refractivity contribution in [2.75, 3.05) is 20.8 Å². The molecule has 0 aromatic rings. The van der Waals surface area contributed by atoms with Crippen molar-refractivity contribution in [2.45, 2.75) is 39.9 Å². The smallest absolute Gasteiger partial charge is 0.302 e. The first-order valence-corrected chi connectivity index (χ1v) is 4.63. The lowest BCUT2D eigenvalue weighted by molar-refractivity contribution is -0.147. The maximum Gasteiger partial charge on any atom is 0.302 e. The molecule has 0 saturated carbocycles. The van der Waals surface area contributed by atoms with Crippen LogP contribution in [0.3, 0.4) is 0 Å². The first-order valence-electron chi connectivity index (χ1n) is 4.63. The zero-order valence-electron chi connectivity index (χ0n) is 9.99. The van der Waals surface area contributed by atoms with Crippen molar-refractivity contribution in [2.24, 2.45) is 0 Å². The number of rotatable bonds is 4. The van der Waals surface area contributed by atoms with Gasteiger partial charge in [-0.15, -0.1) is 0 Å². The van der Waals surface area contributed by atoms with Gasteiger partial charge in [0.2, 0.25) is 0 Å². The van der Waals surface area contributed by atoms with Crippen molar-refractivity contribution in [1.82, 2.24) is 0 Å². The van der Waals surface area contributed by atoms with E-state index in [1.165, 1.54) is 6.92 Å². The van der Waals surface area contributed by atoms with Gasteiger partial charge in [-0.2, -0.15) is 0 Å². The van der Waals surface area contributed by atoms with Crippen molar-refractivity contribution in [3.8, 4) is 0 Å². The fourth-order valence-corrected chi connectivity index (χ4v) is 0.552. The largest absolute Gasteiger partial charge is 0.460 e. The average molecular weight is 206 g/mol. The molecule has 4 nitrogen and oxygen atoms in total. The van der Waals surface area contributed by atoms with Gasteiger partial charge >= 0.3 is 5.97 Å². The summed E-state index contributed by atoms with van der Waals surface area (Å²) in [5.74, 6) is -0.264. The lowest BCUT2D eigenvalue weighted by Crippen LogP contribution is -2.17. The highest BCUT2D eigenvalue weighted by Gasteiger charge is 2.02. The Morgan fingerprint density at radius 2 is 1.64 bits per heavy atom. The van der Waals surface area contributed by atoms with Crippen LogP contribution in [0.1, 0.15) is 27.7 Å². The Morgan fingerprint density at radius 1 is 1.21 bits per heavy atom. The molecule has 4 heteroatoms. The molecule has 0 aliphatic rings. The van der Waals surface area contributed by atoms with Crippen LogP contribution in [0.2, 0.25) is 0 Å². The maximum absolute atomic E-state index is 10.3. The predicted octanol–water partition coefficient (Wildman–Crippen LogP) is 1.63. The monoisotopic (exact) mass is 206 g/mol. The van der Waals surface area contributed by atoms with Crippen molar-refractivity contribution >= 4 is 5.97 Å². The van der Waals surface area contributed by atoms with E-state index in [2.05, 4.69) is 0 Å². The number of carbonyl (C=O) groups is 1. The fourth-order valence-electron chi connectivity index (χ4n) is 0.552. The van der Waals surface area contributed by atoms with E-state index in [1.54, 1.807) is 21.1 Å². The van der Waals surface area contributed by atoms with Gasteiger partial charge in [0.15, 0.2) is 0 Å². The van der Waals surface area contributed by atoms with Gasteiger partial charge in [0, 0.05) is 21.1 Å². The molecule has 0 heterocycles. The molecule has 14 heavy (non-hydrogen) atoms. The van der Waals surface area contributed by atoms with E-state index in [0.29, 0.717) is 12.7 Å². The third-order valence-corrected chi connectivity index (χ3v) is 1.24. The van der Waals surface area contributed by atoms with Gasteiger partial charge in [0.25, 0.3) is 0 Å². The molecule has 0 saturated heterocycles. The molecule has 0 aromatic heterocycles. The summed E-state index contributed by atoms with van der Waals surface area (Å²) < 4.78 is 14.2. The van der Waals surface area contributed by atoms with E-state index in [0.717, 1.165) is 0 Å². The van der Waals surface area contributed by atoms with Crippen LogP contribution in [-0.2, 0) is 19.0 Å². The van der Waals surface area contributed by atoms with Crippen LogP contribution in [0.25, 0.3) is 0 Å². The van der Waals surface area contributed by atoms with E-state index in [1.807, 2.05) is 13.8 Å². The maximum atomic E-state index is 10.3. The minimum atomic E-state index is -0.264.